The zero-order valence-corrected chi connectivity index (χ0v) is 13.7. The summed E-state index contributed by atoms with van der Waals surface area (Å²) in [7, 11) is 0. The Morgan fingerprint density at radius 1 is 1.09 bits per heavy atom. The highest BCUT2D eigenvalue weighted by molar-refractivity contribution is 6.31. The van der Waals surface area contributed by atoms with Crippen LogP contribution in [0.4, 0.5) is 11.4 Å². The van der Waals surface area contributed by atoms with Crippen molar-refractivity contribution in [2.45, 2.75) is 26.7 Å². The molecular formula is C14H16Cl2N4O2. The Morgan fingerprint density at radius 2 is 1.59 bits per heavy atom. The maximum atomic E-state index is 10.4. The van der Waals surface area contributed by atoms with E-state index in [0.29, 0.717) is 27.8 Å². The number of anilines is 1. The van der Waals surface area contributed by atoms with Gasteiger partial charge in [0.05, 0.1) is 26.3 Å². The monoisotopic (exact) mass is 342 g/mol. The molecule has 22 heavy (non-hydrogen) atoms. The molecule has 0 fully saturated rings. The highest BCUT2D eigenvalue weighted by Gasteiger charge is 2.13. The van der Waals surface area contributed by atoms with E-state index >= 15 is 0 Å². The number of hydrogen-bond acceptors (Lipinski definition) is 5. The summed E-state index contributed by atoms with van der Waals surface area (Å²) < 4.78 is 0. The third-order valence-electron chi connectivity index (χ3n) is 2.75. The molecule has 0 radical (unpaired) electrons. The molecule has 0 saturated heterocycles. The summed E-state index contributed by atoms with van der Waals surface area (Å²) in [5, 5.41) is 11.3. The maximum Gasteiger partial charge on any atom is 0.292 e. The van der Waals surface area contributed by atoms with E-state index in [2.05, 4.69) is 9.97 Å². The second-order valence-electron chi connectivity index (χ2n) is 4.27. The minimum Gasteiger partial charge on any atom is -0.397 e. The molecule has 0 unspecified atom stereocenters. The number of pyridine rings is 2. The van der Waals surface area contributed by atoms with E-state index in [1.165, 1.54) is 12.3 Å². The van der Waals surface area contributed by atoms with Gasteiger partial charge in [-0.2, -0.15) is 0 Å². The zero-order valence-electron chi connectivity index (χ0n) is 12.2. The molecule has 0 aliphatic carbocycles. The number of nitrogens with two attached hydrogens (primary N) is 1. The van der Waals surface area contributed by atoms with Crippen LogP contribution in [0.25, 0.3) is 0 Å². The molecule has 0 aliphatic heterocycles. The van der Waals surface area contributed by atoms with Gasteiger partial charge in [0, 0.05) is 18.5 Å². The van der Waals surface area contributed by atoms with E-state index < -0.39 is 4.92 Å². The van der Waals surface area contributed by atoms with Crippen molar-refractivity contribution in [1.29, 1.82) is 0 Å². The lowest BCUT2D eigenvalue weighted by atomic mass is 10.2. The standard InChI is InChI=1S/C7H7ClN2O2.C7H9ClN2/c1-2-6-7(10(11)12)3-5(8)4-9-6;1-2-7-6(9)3-5(8)4-10-7/h3-4H,2H2,1H3;3-4H,2,9H2,1H3. The molecule has 2 rings (SSSR count). The molecule has 6 nitrogen and oxygen atoms in total. The van der Waals surface area contributed by atoms with Crippen molar-refractivity contribution in [3.05, 3.63) is 56.1 Å². The van der Waals surface area contributed by atoms with E-state index in [1.807, 2.05) is 13.8 Å². The quantitative estimate of drug-likeness (QED) is 0.669. The Hall–Kier alpha value is -1.92. The van der Waals surface area contributed by atoms with E-state index in [9.17, 15) is 10.1 Å². The van der Waals surface area contributed by atoms with Crippen LogP contribution in [0.3, 0.4) is 0 Å². The topological polar surface area (TPSA) is 94.9 Å². The van der Waals surface area contributed by atoms with Gasteiger partial charge in [-0.1, -0.05) is 37.0 Å². The van der Waals surface area contributed by atoms with Crippen molar-refractivity contribution in [3.63, 3.8) is 0 Å². The predicted octanol–water partition coefficient (Wildman–Crippen LogP) is 4.09. The Bertz CT molecular complexity index is 665. The number of rotatable bonds is 3. The van der Waals surface area contributed by atoms with Gasteiger partial charge in [0.15, 0.2) is 0 Å². The first-order valence-corrected chi connectivity index (χ1v) is 7.33. The molecule has 2 aromatic heterocycles. The largest absolute Gasteiger partial charge is 0.397 e. The highest BCUT2D eigenvalue weighted by Crippen LogP contribution is 2.20. The van der Waals surface area contributed by atoms with Crippen LogP contribution in [-0.4, -0.2) is 14.9 Å². The summed E-state index contributed by atoms with van der Waals surface area (Å²) in [4.78, 5) is 17.8. The molecule has 0 spiro atoms. The molecule has 0 aliphatic rings. The Balaban J connectivity index is 0.000000224. The SMILES string of the molecule is CCc1ncc(Cl)cc1N.CCc1ncc(Cl)cc1[N+](=O)[O-]. The summed E-state index contributed by atoms with van der Waals surface area (Å²) in [6, 6.07) is 3.03. The van der Waals surface area contributed by atoms with Crippen LogP contribution in [0.15, 0.2) is 24.5 Å². The minimum absolute atomic E-state index is 0.00926. The van der Waals surface area contributed by atoms with Gasteiger partial charge in [0.25, 0.3) is 5.69 Å². The Kier molecular flexibility index (Phi) is 7.01. The number of nitrogen functional groups attached to an aromatic ring is 1. The minimum atomic E-state index is -0.474. The van der Waals surface area contributed by atoms with E-state index in [-0.39, 0.29) is 5.69 Å². The first-order chi connectivity index (χ1) is 10.4. The fraction of sp³-hybridized carbons (Fsp3) is 0.286. The molecule has 0 atom stereocenters. The smallest absolute Gasteiger partial charge is 0.292 e. The van der Waals surface area contributed by atoms with Crippen molar-refractivity contribution >= 4 is 34.6 Å². The summed E-state index contributed by atoms with van der Waals surface area (Å²) in [5.41, 5.74) is 7.62. The number of hydrogen-bond donors (Lipinski definition) is 1. The number of nitrogens with zero attached hydrogens (tertiary/aromatic N) is 3. The summed E-state index contributed by atoms with van der Waals surface area (Å²) in [5.74, 6) is 0. The lowest BCUT2D eigenvalue weighted by molar-refractivity contribution is -0.385. The summed E-state index contributed by atoms with van der Waals surface area (Å²) in [6.07, 6.45) is 4.40. The molecule has 118 valence electrons. The van der Waals surface area contributed by atoms with E-state index in [1.54, 1.807) is 12.3 Å². The van der Waals surface area contributed by atoms with Crippen LogP contribution < -0.4 is 5.73 Å². The first-order valence-electron chi connectivity index (χ1n) is 6.57. The fourth-order valence-corrected chi connectivity index (χ4v) is 1.98. The Morgan fingerprint density at radius 3 is 2.05 bits per heavy atom. The van der Waals surface area contributed by atoms with Crippen LogP contribution in [0.2, 0.25) is 10.0 Å². The maximum absolute atomic E-state index is 10.4. The zero-order chi connectivity index (χ0) is 16.7. The van der Waals surface area contributed by atoms with Gasteiger partial charge in [0.1, 0.15) is 5.69 Å². The van der Waals surface area contributed by atoms with Crippen LogP contribution >= 0.6 is 23.2 Å². The number of aryl methyl sites for hydroxylation is 2. The van der Waals surface area contributed by atoms with Gasteiger partial charge in [-0.25, -0.2) is 0 Å². The molecule has 0 amide bonds. The van der Waals surface area contributed by atoms with Crippen LogP contribution in [0.1, 0.15) is 25.2 Å². The van der Waals surface area contributed by atoms with Crippen LogP contribution in [-0.2, 0) is 12.8 Å². The molecule has 2 aromatic rings. The van der Waals surface area contributed by atoms with Gasteiger partial charge in [-0.15, -0.1) is 0 Å². The lowest BCUT2D eigenvalue weighted by Gasteiger charge is -1.99. The molecule has 0 saturated carbocycles. The predicted molar refractivity (Wildman–Crippen MR) is 88.3 cm³/mol. The van der Waals surface area contributed by atoms with Crippen molar-refractivity contribution in [2.24, 2.45) is 0 Å². The molecule has 0 bridgehead atoms. The second-order valence-corrected chi connectivity index (χ2v) is 5.15. The normalized spacial score (nSPS) is 9.82. The van der Waals surface area contributed by atoms with Gasteiger partial charge in [-0.05, 0) is 18.9 Å². The van der Waals surface area contributed by atoms with Crippen LogP contribution in [0, 0.1) is 10.1 Å². The Labute approximate surface area is 138 Å². The van der Waals surface area contributed by atoms with E-state index in [4.69, 9.17) is 28.9 Å². The summed E-state index contributed by atoms with van der Waals surface area (Å²) >= 11 is 11.2. The van der Waals surface area contributed by atoms with Crippen molar-refractivity contribution in [3.8, 4) is 0 Å². The van der Waals surface area contributed by atoms with Crippen molar-refractivity contribution in [1.82, 2.24) is 9.97 Å². The van der Waals surface area contributed by atoms with Crippen molar-refractivity contribution < 1.29 is 4.92 Å². The van der Waals surface area contributed by atoms with Gasteiger partial charge in [-0.3, -0.25) is 20.1 Å². The number of halogens is 2. The molecular weight excluding hydrogens is 327 g/mol. The fourth-order valence-electron chi connectivity index (χ4n) is 1.67. The average Bonchev–Trinajstić information content (AvgIpc) is 2.48. The van der Waals surface area contributed by atoms with Gasteiger partial charge in [0.2, 0.25) is 0 Å². The third-order valence-corrected chi connectivity index (χ3v) is 3.16. The second kappa shape index (κ2) is 8.51. The van der Waals surface area contributed by atoms with E-state index in [0.717, 1.165) is 12.1 Å². The average molecular weight is 343 g/mol. The molecule has 2 N–H and O–H groups in total. The number of aromatic nitrogens is 2. The molecule has 2 heterocycles. The van der Waals surface area contributed by atoms with Crippen molar-refractivity contribution in [2.75, 3.05) is 5.73 Å². The third kappa shape index (κ3) is 5.13. The first kappa shape index (κ1) is 18.1. The van der Waals surface area contributed by atoms with Gasteiger partial charge >= 0.3 is 0 Å². The van der Waals surface area contributed by atoms with Gasteiger partial charge < -0.3 is 5.73 Å². The molecule has 8 heteroatoms. The van der Waals surface area contributed by atoms with Crippen LogP contribution in [0.5, 0.6) is 0 Å². The highest BCUT2D eigenvalue weighted by atomic mass is 35.5. The lowest BCUT2D eigenvalue weighted by Crippen LogP contribution is -1.96. The molecule has 0 aromatic carbocycles. The number of nitro groups is 1. The summed E-state index contributed by atoms with van der Waals surface area (Å²) in [6.45, 7) is 3.82.